The number of aliphatic hydroxyl groups excluding tert-OH is 2. The Morgan fingerprint density at radius 2 is 1.90 bits per heavy atom. The molecule has 0 spiro atoms. The van der Waals surface area contributed by atoms with Crippen LogP contribution in [-0.2, 0) is 22.6 Å². The first-order valence-corrected chi connectivity index (χ1v) is 9.57. The molecule has 0 fully saturated rings. The molecule has 3 aliphatic carbocycles. The molecule has 9 heteroatoms. The minimum atomic E-state index is -2.57. The summed E-state index contributed by atoms with van der Waals surface area (Å²) in [5, 5.41) is 43.1. The SMILES string of the molecule is C[C@@H]1C(O)=C(C(N)=O)C(=O)[C@@]2(O)C(O)=C3C(=O)c4c(ccc(CN)c4O)CC3CC12. The number of ketones is 2. The van der Waals surface area contributed by atoms with Crippen LogP contribution in [0.25, 0.3) is 0 Å². The quantitative estimate of drug-likeness (QED) is 0.373. The molecule has 0 aromatic heterocycles. The number of carbonyl (C=O) groups is 3. The van der Waals surface area contributed by atoms with E-state index in [1.54, 1.807) is 12.1 Å². The van der Waals surface area contributed by atoms with E-state index in [4.69, 9.17) is 11.5 Å². The van der Waals surface area contributed by atoms with Crippen LogP contribution in [0.5, 0.6) is 5.75 Å². The fraction of sp³-hybridized carbons (Fsp3) is 0.381. The minimum absolute atomic E-state index is 0.00505. The fourth-order valence-corrected chi connectivity index (χ4v) is 5.12. The maximum Gasteiger partial charge on any atom is 0.255 e. The number of Topliss-reactive ketones (excluding diaryl/α,β-unsaturated/α-hetero) is 2. The molecule has 2 unspecified atom stereocenters. The number of primary amides is 1. The molecule has 0 aliphatic heterocycles. The van der Waals surface area contributed by atoms with Crippen LogP contribution in [0.2, 0.25) is 0 Å². The smallest absolute Gasteiger partial charge is 0.255 e. The topological polar surface area (TPSA) is 184 Å². The van der Waals surface area contributed by atoms with Crippen LogP contribution in [0.1, 0.15) is 34.8 Å². The second kappa shape index (κ2) is 6.41. The van der Waals surface area contributed by atoms with Crippen LogP contribution in [0, 0.1) is 17.8 Å². The monoisotopic (exact) mass is 414 g/mol. The van der Waals surface area contributed by atoms with Gasteiger partial charge in [-0.3, -0.25) is 14.4 Å². The molecule has 9 nitrogen and oxygen atoms in total. The second-order valence-corrected chi connectivity index (χ2v) is 8.15. The van der Waals surface area contributed by atoms with E-state index in [1.165, 1.54) is 6.92 Å². The molecule has 4 rings (SSSR count). The molecule has 0 bridgehead atoms. The summed E-state index contributed by atoms with van der Waals surface area (Å²) in [5.74, 6) is -7.25. The zero-order valence-corrected chi connectivity index (χ0v) is 16.2. The van der Waals surface area contributed by atoms with Crippen molar-refractivity contribution in [3.05, 3.63) is 51.5 Å². The lowest BCUT2D eigenvalue weighted by Gasteiger charge is -2.48. The number of benzene rings is 1. The van der Waals surface area contributed by atoms with Crippen LogP contribution >= 0.6 is 0 Å². The van der Waals surface area contributed by atoms with E-state index in [2.05, 4.69) is 0 Å². The molecule has 1 amide bonds. The standard InChI is InChI=1S/C21H22N2O7/c1-7-11-5-10-4-8-2-3-9(6-22)16(25)12(8)17(26)13(10)18(27)21(11,30)19(28)14(15(7)24)20(23)29/h2-3,7,10-11,24-25,27,30H,4-6,22H2,1H3,(H2,23,29)/t7-,10?,11?,21-/m0/s1. The van der Waals surface area contributed by atoms with Crippen LogP contribution in [-0.4, -0.2) is 43.5 Å². The average Bonchev–Trinajstić information content (AvgIpc) is 2.68. The van der Waals surface area contributed by atoms with Gasteiger partial charge in [0.1, 0.15) is 22.8 Å². The average molecular weight is 414 g/mol. The van der Waals surface area contributed by atoms with Gasteiger partial charge in [0.15, 0.2) is 11.4 Å². The molecule has 1 aromatic rings. The number of aromatic hydroxyl groups is 1. The van der Waals surface area contributed by atoms with Crippen molar-refractivity contribution in [3.63, 3.8) is 0 Å². The molecule has 0 saturated carbocycles. The lowest BCUT2D eigenvalue weighted by Crippen LogP contribution is -2.59. The number of phenolic OH excluding ortho intramolecular Hbond substituents is 1. The Balaban J connectivity index is 1.93. The third-order valence-electron chi connectivity index (χ3n) is 6.72. The van der Waals surface area contributed by atoms with Crippen molar-refractivity contribution in [3.8, 4) is 5.75 Å². The summed E-state index contributed by atoms with van der Waals surface area (Å²) in [5.41, 5.74) is 8.15. The number of allylic oxidation sites excluding steroid dienone is 2. The van der Waals surface area contributed by atoms with E-state index in [9.17, 15) is 34.8 Å². The maximum atomic E-state index is 13.2. The van der Waals surface area contributed by atoms with E-state index in [1.807, 2.05) is 0 Å². The molecule has 30 heavy (non-hydrogen) atoms. The number of nitrogens with two attached hydrogens (primary N) is 2. The van der Waals surface area contributed by atoms with Crippen molar-refractivity contribution >= 4 is 17.5 Å². The molecule has 0 heterocycles. The van der Waals surface area contributed by atoms with Gasteiger partial charge in [-0.25, -0.2) is 0 Å². The predicted octanol–water partition coefficient (Wildman–Crippen LogP) is 0.285. The highest BCUT2D eigenvalue weighted by Gasteiger charge is 2.61. The highest BCUT2D eigenvalue weighted by Crippen LogP contribution is 2.53. The number of hydrogen-bond acceptors (Lipinski definition) is 8. The molecule has 3 aliphatic rings. The number of phenols is 1. The summed E-state index contributed by atoms with van der Waals surface area (Å²) < 4.78 is 0. The van der Waals surface area contributed by atoms with Crippen LogP contribution in [0.3, 0.4) is 0 Å². The second-order valence-electron chi connectivity index (χ2n) is 8.15. The molecule has 0 saturated heterocycles. The lowest BCUT2D eigenvalue weighted by molar-refractivity contribution is -0.147. The summed E-state index contributed by atoms with van der Waals surface area (Å²) >= 11 is 0. The van der Waals surface area contributed by atoms with Crippen molar-refractivity contribution in [2.24, 2.45) is 29.2 Å². The number of fused-ring (bicyclic) bond motifs is 3. The molecular weight excluding hydrogens is 392 g/mol. The normalized spacial score (nSPS) is 30.7. The first kappa shape index (κ1) is 20.1. The number of amides is 1. The van der Waals surface area contributed by atoms with Gasteiger partial charge < -0.3 is 31.9 Å². The predicted molar refractivity (Wildman–Crippen MR) is 103 cm³/mol. The van der Waals surface area contributed by atoms with Crippen molar-refractivity contribution < 1.29 is 34.8 Å². The highest BCUT2D eigenvalue weighted by atomic mass is 16.3. The van der Waals surface area contributed by atoms with Gasteiger partial charge in [-0.1, -0.05) is 19.1 Å². The Morgan fingerprint density at radius 1 is 1.23 bits per heavy atom. The van der Waals surface area contributed by atoms with E-state index >= 15 is 0 Å². The maximum absolute atomic E-state index is 13.2. The molecule has 8 N–H and O–H groups in total. The number of hydrogen-bond donors (Lipinski definition) is 6. The summed E-state index contributed by atoms with van der Waals surface area (Å²) in [7, 11) is 0. The van der Waals surface area contributed by atoms with Crippen molar-refractivity contribution in [1.29, 1.82) is 0 Å². The third-order valence-corrected chi connectivity index (χ3v) is 6.72. The zero-order valence-electron chi connectivity index (χ0n) is 16.2. The van der Waals surface area contributed by atoms with E-state index in [0.717, 1.165) is 0 Å². The summed E-state index contributed by atoms with van der Waals surface area (Å²) in [4.78, 5) is 37.9. The van der Waals surface area contributed by atoms with Gasteiger partial charge in [-0.05, 0) is 24.3 Å². The summed E-state index contributed by atoms with van der Waals surface area (Å²) in [6.07, 6.45) is 0.378. The van der Waals surface area contributed by atoms with E-state index in [0.29, 0.717) is 11.1 Å². The highest BCUT2D eigenvalue weighted by molar-refractivity contribution is 6.24. The Labute approximate surface area is 171 Å². The largest absolute Gasteiger partial charge is 0.511 e. The number of rotatable bonds is 2. The van der Waals surface area contributed by atoms with Crippen molar-refractivity contribution in [2.75, 3.05) is 0 Å². The summed E-state index contributed by atoms with van der Waals surface area (Å²) in [6.45, 7) is 1.51. The van der Waals surface area contributed by atoms with Gasteiger partial charge in [0.05, 0.1) is 5.56 Å². The van der Waals surface area contributed by atoms with E-state index < -0.39 is 57.9 Å². The van der Waals surface area contributed by atoms with Gasteiger partial charge in [0.2, 0.25) is 5.78 Å². The molecule has 0 radical (unpaired) electrons. The molecule has 1 aromatic carbocycles. The summed E-state index contributed by atoms with van der Waals surface area (Å²) in [6, 6.07) is 3.30. The molecular formula is C21H22N2O7. The lowest BCUT2D eigenvalue weighted by atomic mass is 9.57. The Hall–Kier alpha value is -3.17. The van der Waals surface area contributed by atoms with Crippen LogP contribution < -0.4 is 11.5 Å². The molecule has 4 atom stereocenters. The third kappa shape index (κ3) is 2.33. The number of carbonyl (C=O) groups excluding carboxylic acids is 3. The molecule has 158 valence electrons. The van der Waals surface area contributed by atoms with Gasteiger partial charge >= 0.3 is 0 Å². The Kier molecular flexibility index (Phi) is 4.30. The van der Waals surface area contributed by atoms with Gasteiger partial charge in [0.25, 0.3) is 5.91 Å². The first-order chi connectivity index (χ1) is 14.0. The van der Waals surface area contributed by atoms with Crippen LogP contribution in [0.4, 0.5) is 0 Å². The van der Waals surface area contributed by atoms with Crippen molar-refractivity contribution in [1.82, 2.24) is 0 Å². The van der Waals surface area contributed by atoms with Crippen LogP contribution in [0.15, 0.2) is 34.8 Å². The van der Waals surface area contributed by atoms with E-state index in [-0.39, 0.29) is 36.3 Å². The zero-order chi connectivity index (χ0) is 22.1. The van der Waals surface area contributed by atoms with Gasteiger partial charge in [0, 0.05) is 29.5 Å². The van der Waals surface area contributed by atoms with Crippen molar-refractivity contribution in [2.45, 2.75) is 31.9 Å². The Morgan fingerprint density at radius 3 is 2.50 bits per heavy atom. The minimum Gasteiger partial charge on any atom is -0.511 e. The van der Waals surface area contributed by atoms with Gasteiger partial charge in [-0.15, -0.1) is 0 Å². The first-order valence-electron chi connectivity index (χ1n) is 9.57. The number of aliphatic hydroxyl groups is 3. The fourth-order valence-electron chi connectivity index (χ4n) is 5.12. The Bertz CT molecular complexity index is 1090. The van der Waals surface area contributed by atoms with Gasteiger partial charge in [-0.2, -0.15) is 0 Å².